The van der Waals surface area contributed by atoms with Gasteiger partial charge in [0.1, 0.15) is 5.65 Å². The van der Waals surface area contributed by atoms with Crippen LogP contribution in [0.4, 0.5) is 17.1 Å². The Balaban J connectivity index is 1.29. The molecule has 3 nitrogen and oxygen atoms in total. The molecule has 0 radical (unpaired) electrons. The van der Waals surface area contributed by atoms with E-state index in [1.165, 1.54) is 105 Å². The van der Waals surface area contributed by atoms with E-state index >= 15 is 0 Å². The molecule has 0 atom stereocenters. The molecule has 0 fully saturated rings. The van der Waals surface area contributed by atoms with Crippen LogP contribution in [-0.4, -0.2) is 8.80 Å². The number of imidazole rings is 1. The highest BCUT2D eigenvalue weighted by molar-refractivity contribution is 6.27. The number of hydrogen-bond acceptors (Lipinski definition) is 1. The summed E-state index contributed by atoms with van der Waals surface area (Å²) >= 11 is 0. The molecule has 3 heteroatoms. The van der Waals surface area contributed by atoms with Crippen molar-refractivity contribution in [2.75, 3.05) is 4.90 Å². The van der Waals surface area contributed by atoms with Crippen molar-refractivity contribution in [3.63, 3.8) is 0 Å². The second kappa shape index (κ2) is 10.6. The first-order chi connectivity index (χ1) is 25.2. The zero-order valence-electron chi connectivity index (χ0n) is 28.7. The highest BCUT2D eigenvalue weighted by Crippen LogP contribution is 2.51. The maximum absolute atomic E-state index is 2.59. The van der Waals surface area contributed by atoms with Gasteiger partial charge in [-0.1, -0.05) is 109 Å². The van der Waals surface area contributed by atoms with Crippen LogP contribution < -0.4 is 4.90 Å². The Labute approximate surface area is 296 Å². The minimum atomic E-state index is 0.995. The van der Waals surface area contributed by atoms with E-state index in [-0.39, 0.29) is 0 Å². The van der Waals surface area contributed by atoms with Gasteiger partial charge in [-0.3, -0.25) is 8.80 Å². The SMILES string of the molecule is Cc1ccccc1-c1cccc(N(c2cccc3c2CCc2ccccc2-3)c2cccc3c2c2c4ccccc4n4c5ccccc5n3c24)c1C. The van der Waals surface area contributed by atoms with E-state index < -0.39 is 0 Å². The third-order valence-electron chi connectivity index (χ3n) is 11.5. The normalized spacial score (nSPS) is 12.7. The number of aromatic nitrogens is 2. The predicted molar refractivity (Wildman–Crippen MR) is 214 cm³/mol. The molecule has 51 heavy (non-hydrogen) atoms. The summed E-state index contributed by atoms with van der Waals surface area (Å²) < 4.78 is 4.97. The van der Waals surface area contributed by atoms with Crippen LogP contribution in [-0.2, 0) is 12.8 Å². The predicted octanol–water partition coefficient (Wildman–Crippen LogP) is 12.6. The van der Waals surface area contributed by atoms with Crippen LogP contribution in [0.3, 0.4) is 0 Å². The second-order valence-corrected chi connectivity index (χ2v) is 14.1. The van der Waals surface area contributed by atoms with E-state index in [1.54, 1.807) is 0 Å². The molecule has 0 saturated heterocycles. The zero-order chi connectivity index (χ0) is 33.8. The molecular formula is C48H35N3. The Kier molecular flexibility index (Phi) is 5.92. The third-order valence-corrected chi connectivity index (χ3v) is 11.5. The van der Waals surface area contributed by atoms with Crippen molar-refractivity contribution in [3.8, 4) is 22.3 Å². The summed E-state index contributed by atoms with van der Waals surface area (Å²) in [7, 11) is 0. The van der Waals surface area contributed by atoms with Gasteiger partial charge in [0.05, 0.1) is 27.8 Å². The topological polar surface area (TPSA) is 12.1 Å². The quantitative estimate of drug-likeness (QED) is 0.184. The molecule has 1 aliphatic carbocycles. The fraction of sp³-hybridized carbons (Fsp3) is 0.0833. The van der Waals surface area contributed by atoms with E-state index in [0.29, 0.717) is 0 Å². The molecule has 0 aliphatic heterocycles. The molecule has 7 aromatic carbocycles. The highest BCUT2D eigenvalue weighted by atomic mass is 15.2. The van der Waals surface area contributed by atoms with Gasteiger partial charge in [0.25, 0.3) is 0 Å². The van der Waals surface area contributed by atoms with Gasteiger partial charge < -0.3 is 4.90 Å². The second-order valence-electron chi connectivity index (χ2n) is 14.1. The summed E-state index contributed by atoms with van der Waals surface area (Å²) in [5.74, 6) is 0. The summed E-state index contributed by atoms with van der Waals surface area (Å²) in [6, 6.07) is 56.2. The average Bonchev–Trinajstić information content (AvgIpc) is 3.81. The summed E-state index contributed by atoms with van der Waals surface area (Å²) in [4.78, 5) is 2.59. The minimum Gasteiger partial charge on any atom is -0.309 e. The molecule has 0 N–H and O–H groups in total. The lowest BCUT2D eigenvalue weighted by Crippen LogP contribution is -2.16. The summed E-state index contributed by atoms with van der Waals surface area (Å²) in [5, 5.41) is 3.87. The molecule has 0 saturated carbocycles. The standard InChI is InChI=1S/C48H35N3/c1-30-14-3-5-16-33(30)34-19-11-24-39(31(34)2)49(40-25-12-20-36-35-17-6-4-15-32(35)28-29-37(36)40)44-26-13-27-45-47(44)46-38-18-7-8-21-41(38)50-42-22-9-10-23-43(42)51(45)48(46)50/h3-27H,28-29H2,1-2H3. The monoisotopic (exact) mass is 653 g/mol. The largest absolute Gasteiger partial charge is 0.309 e. The van der Waals surface area contributed by atoms with Gasteiger partial charge in [-0.05, 0) is 114 Å². The number of anilines is 3. The van der Waals surface area contributed by atoms with Crippen molar-refractivity contribution in [2.45, 2.75) is 26.7 Å². The molecule has 3 aromatic heterocycles. The van der Waals surface area contributed by atoms with E-state index in [0.717, 1.165) is 12.8 Å². The molecule has 3 heterocycles. The maximum Gasteiger partial charge on any atom is 0.131 e. The summed E-state index contributed by atoms with van der Waals surface area (Å²) in [5.41, 5.74) is 20.5. The number of rotatable bonds is 4. The minimum absolute atomic E-state index is 0.995. The molecule has 1 aliphatic rings. The van der Waals surface area contributed by atoms with Crippen LogP contribution in [0.5, 0.6) is 0 Å². The highest BCUT2D eigenvalue weighted by Gasteiger charge is 2.29. The van der Waals surface area contributed by atoms with Gasteiger partial charge >= 0.3 is 0 Å². The van der Waals surface area contributed by atoms with Gasteiger partial charge in [-0.2, -0.15) is 0 Å². The van der Waals surface area contributed by atoms with Crippen LogP contribution in [0.1, 0.15) is 22.3 Å². The molecule has 0 spiro atoms. The number of nitrogens with zero attached hydrogens (tertiary/aromatic N) is 3. The van der Waals surface area contributed by atoms with Crippen LogP contribution in [0.25, 0.3) is 66.1 Å². The molecule has 11 rings (SSSR count). The lowest BCUT2D eigenvalue weighted by molar-refractivity contribution is 0.938. The molecule has 0 unspecified atom stereocenters. The van der Waals surface area contributed by atoms with Gasteiger partial charge in [0.15, 0.2) is 0 Å². The van der Waals surface area contributed by atoms with Crippen molar-refractivity contribution in [1.82, 2.24) is 8.80 Å². The van der Waals surface area contributed by atoms with Gasteiger partial charge in [0.2, 0.25) is 0 Å². The number of hydrogen-bond donors (Lipinski definition) is 0. The van der Waals surface area contributed by atoms with Crippen LogP contribution in [0.15, 0.2) is 152 Å². The third kappa shape index (κ3) is 3.83. The molecule has 10 aromatic rings. The van der Waals surface area contributed by atoms with Gasteiger partial charge in [0, 0.05) is 27.5 Å². The van der Waals surface area contributed by atoms with Gasteiger partial charge in [-0.25, -0.2) is 0 Å². The summed E-state index contributed by atoms with van der Waals surface area (Å²) in [6.07, 6.45) is 2.03. The van der Waals surface area contributed by atoms with Gasteiger partial charge in [-0.15, -0.1) is 0 Å². The fourth-order valence-corrected chi connectivity index (χ4v) is 9.27. The Hall–Kier alpha value is -6.32. The van der Waals surface area contributed by atoms with E-state index in [2.05, 4.69) is 179 Å². The maximum atomic E-state index is 2.59. The smallest absolute Gasteiger partial charge is 0.131 e. The van der Waals surface area contributed by atoms with Crippen molar-refractivity contribution in [1.29, 1.82) is 0 Å². The molecule has 0 amide bonds. The average molecular weight is 654 g/mol. The van der Waals surface area contributed by atoms with Crippen molar-refractivity contribution < 1.29 is 0 Å². The van der Waals surface area contributed by atoms with E-state index in [1.807, 2.05) is 0 Å². The lowest BCUT2D eigenvalue weighted by atomic mass is 9.84. The lowest BCUT2D eigenvalue weighted by Gasteiger charge is -2.33. The van der Waals surface area contributed by atoms with E-state index in [9.17, 15) is 0 Å². The van der Waals surface area contributed by atoms with Crippen molar-refractivity contribution in [3.05, 3.63) is 174 Å². The number of para-hydroxylation sites is 3. The zero-order valence-corrected chi connectivity index (χ0v) is 28.7. The molecular weight excluding hydrogens is 619 g/mol. The first-order valence-corrected chi connectivity index (χ1v) is 18.0. The first kappa shape index (κ1) is 28.5. The van der Waals surface area contributed by atoms with Crippen LogP contribution >= 0.6 is 0 Å². The molecule has 242 valence electrons. The van der Waals surface area contributed by atoms with Crippen LogP contribution in [0.2, 0.25) is 0 Å². The van der Waals surface area contributed by atoms with Crippen LogP contribution in [0, 0.1) is 13.8 Å². The molecule has 0 bridgehead atoms. The Morgan fingerprint density at radius 2 is 1.02 bits per heavy atom. The first-order valence-electron chi connectivity index (χ1n) is 18.0. The number of benzene rings is 7. The number of fused-ring (bicyclic) bond motifs is 12. The Bertz CT molecular complexity index is 3000. The summed E-state index contributed by atoms with van der Waals surface area (Å²) in [6.45, 7) is 4.53. The number of aryl methyl sites for hydroxylation is 2. The Morgan fingerprint density at radius 3 is 1.84 bits per heavy atom. The van der Waals surface area contributed by atoms with Crippen molar-refractivity contribution >= 4 is 60.9 Å². The van der Waals surface area contributed by atoms with Crippen molar-refractivity contribution in [2.24, 2.45) is 0 Å². The van der Waals surface area contributed by atoms with E-state index in [4.69, 9.17) is 0 Å². The Morgan fingerprint density at radius 1 is 0.431 bits per heavy atom. The fourth-order valence-electron chi connectivity index (χ4n) is 9.27.